The highest BCUT2D eigenvalue weighted by molar-refractivity contribution is 7.00. The van der Waals surface area contributed by atoms with Gasteiger partial charge in [0.15, 0.2) is 0 Å². The van der Waals surface area contributed by atoms with E-state index in [1.54, 1.807) is 4.90 Å². The molecular formula is C21H25ClN4OS. The smallest absolute Gasteiger partial charge is 0.227 e. The van der Waals surface area contributed by atoms with Gasteiger partial charge < -0.3 is 10.2 Å². The van der Waals surface area contributed by atoms with E-state index in [0.29, 0.717) is 13.0 Å². The number of aromatic nitrogens is 2. The highest BCUT2D eigenvalue weighted by Gasteiger charge is 2.15. The second kappa shape index (κ2) is 9.45. The lowest BCUT2D eigenvalue weighted by molar-refractivity contribution is -0.129. The molecule has 0 radical (unpaired) electrons. The fourth-order valence-electron chi connectivity index (χ4n) is 3.61. The third kappa shape index (κ3) is 5.07. The molecule has 1 atom stereocenters. The topological polar surface area (TPSA) is 58.1 Å². The SMILES string of the molecule is CN(Cc1ccc2nsnc2c1)C(=O)Cc1ccc(CC2CCNC2)cc1.Cl. The quantitative estimate of drug-likeness (QED) is 0.668. The minimum Gasteiger partial charge on any atom is -0.341 e. The number of carbonyl (C=O) groups is 1. The van der Waals surface area contributed by atoms with Crippen molar-refractivity contribution in [2.75, 3.05) is 20.1 Å². The third-order valence-corrected chi connectivity index (χ3v) is 5.79. The molecule has 148 valence electrons. The molecule has 0 bridgehead atoms. The van der Waals surface area contributed by atoms with Gasteiger partial charge in [-0.15, -0.1) is 12.4 Å². The van der Waals surface area contributed by atoms with Gasteiger partial charge in [0, 0.05) is 13.6 Å². The Kier molecular flexibility index (Phi) is 6.99. The molecule has 4 rings (SSSR count). The van der Waals surface area contributed by atoms with Gasteiger partial charge in [-0.2, -0.15) is 8.75 Å². The van der Waals surface area contributed by atoms with Crippen molar-refractivity contribution in [3.05, 3.63) is 59.2 Å². The lowest BCUT2D eigenvalue weighted by Crippen LogP contribution is -2.27. The number of rotatable bonds is 6. The Balaban J connectivity index is 0.00000225. The number of carbonyl (C=O) groups excluding carboxylic acids is 1. The van der Waals surface area contributed by atoms with E-state index in [2.05, 4.69) is 38.3 Å². The average molecular weight is 417 g/mol. The largest absolute Gasteiger partial charge is 0.341 e. The lowest BCUT2D eigenvalue weighted by atomic mass is 9.97. The van der Waals surface area contributed by atoms with Crippen molar-refractivity contribution in [1.82, 2.24) is 19.0 Å². The zero-order valence-corrected chi connectivity index (χ0v) is 17.6. The summed E-state index contributed by atoms with van der Waals surface area (Å²) in [5.41, 5.74) is 5.31. The van der Waals surface area contributed by atoms with Crippen molar-refractivity contribution in [2.45, 2.75) is 25.8 Å². The standard InChI is InChI=1S/C21H24N4OS.ClH/c1-25(14-18-6-7-19-20(11-18)24-27-23-19)21(26)12-16-4-2-15(3-5-16)10-17-8-9-22-13-17;/h2-7,11,17,22H,8-10,12-14H2,1H3;1H. The highest BCUT2D eigenvalue weighted by atomic mass is 35.5. The number of fused-ring (bicyclic) bond motifs is 1. The predicted octanol–water partition coefficient (Wildman–Crippen LogP) is 3.47. The van der Waals surface area contributed by atoms with Crippen molar-refractivity contribution < 1.29 is 4.79 Å². The van der Waals surface area contributed by atoms with E-state index in [9.17, 15) is 4.79 Å². The van der Waals surface area contributed by atoms with Crippen molar-refractivity contribution in [2.24, 2.45) is 5.92 Å². The van der Waals surface area contributed by atoms with E-state index in [1.807, 2.05) is 25.2 Å². The minimum atomic E-state index is 0. The van der Waals surface area contributed by atoms with Crippen molar-refractivity contribution in [3.63, 3.8) is 0 Å². The fourth-order valence-corrected chi connectivity index (χ4v) is 4.13. The second-order valence-corrected chi connectivity index (χ2v) is 7.92. The molecule has 1 N–H and O–H groups in total. The Morgan fingerprint density at radius 2 is 1.82 bits per heavy atom. The third-order valence-electron chi connectivity index (χ3n) is 5.23. The Morgan fingerprint density at radius 3 is 2.57 bits per heavy atom. The van der Waals surface area contributed by atoms with Gasteiger partial charge in [-0.1, -0.05) is 30.3 Å². The number of likely N-dealkylation sites (N-methyl/N-ethyl adjacent to an activating group) is 1. The number of hydrogen-bond acceptors (Lipinski definition) is 5. The summed E-state index contributed by atoms with van der Waals surface area (Å²) in [6, 6.07) is 14.5. The van der Waals surface area contributed by atoms with Crippen LogP contribution in [-0.2, 0) is 24.2 Å². The molecular weight excluding hydrogens is 392 g/mol. The minimum absolute atomic E-state index is 0. The number of nitrogens with zero attached hydrogens (tertiary/aromatic N) is 3. The summed E-state index contributed by atoms with van der Waals surface area (Å²) in [6.07, 6.45) is 2.81. The van der Waals surface area contributed by atoms with Crippen LogP contribution in [0.5, 0.6) is 0 Å². The van der Waals surface area contributed by atoms with Crippen LogP contribution in [-0.4, -0.2) is 39.7 Å². The second-order valence-electron chi connectivity index (χ2n) is 7.39. The van der Waals surface area contributed by atoms with Crippen LogP contribution in [0.15, 0.2) is 42.5 Å². The Labute approximate surface area is 175 Å². The average Bonchev–Trinajstić information content (AvgIpc) is 3.34. The molecule has 5 nitrogen and oxygen atoms in total. The predicted molar refractivity (Wildman–Crippen MR) is 116 cm³/mol. The van der Waals surface area contributed by atoms with E-state index in [-0.39, 0.29) is 18.3 Å². The van der Waals surface area contributed by atoms with Crippen LogP contribution in [0.2, 0.25) is 0 Å². The van der Waals surface area contributed by atoms with E-state index in [0.717, 1.165) is 47.6 Å². The zero-order chi connectivity index (χ0) is 18.6. The first-order valence-electron chi connectivity index (χ1n) is 9.41. The van der Waals surface area contributed by atoms with E-state index in [1.165, 1.54) is 23.7 Å². The molecule has 1 unspecified atom stereocenters. The molecule has 2 heterocycles. The molecule has 1 saturated heterocycles. The summed E-state index contributed by atoms with van der Waals surface area (Å²) in [5.74, 6) is 0.869. The molecule has 0 saturated carbocycles. The van der Waals surface area contributed by atoms with Crippen LogP contribution in [0.4, 0.5) is 0 Å². The molecule has 3 aromatic rings. The summed E-state index contributed by atoms with van der Waals surface area (Å²) >= 11 is 1.22. The van der Waals surface area contributed by atoms with Crippen LogP contribution in [0.1, 0.15) is 23.1 Å². The normalized spacial score (nSPS) is 16.1. The number of hydrogen-bond donors (Lipinski definition) is 1. The van der Waals surface area contributed by atoms with Crippen LogP contribution >= 0.6 is 24.1 Å². The Hall–Kier alpha value is -2.02. The van der Waals surface area contributed by atoms with Crippen molar-refractivity contribution >= 4 is 41.1 Å². The highest BCUT2D eigenvalue weighted by Crippen LogP contribution is 2.17. The molecule has 1 aromatic heterocycles. The number of nitrogens with one attached hydrogen (secondary N) is 1. The molecule has 1 amide bonds. The van der Waals surface area contributed by atoms with Gasteiger partial charge in [0.05, 0.1) is 18.1 Å². The number of benzene rings is 2. The summed E-state index contributed by atoms with van der Waals surface area (Å²) in [7, 11) is 1.85. The van der Waals surface area contributed by atoms with Gasteiger partial charge in [-0.05, 0) is 60.7 Å². The van der Waals surface area contributed by atoms with E-state index < -0.39 is 0 Å². The molecule has 0 spiro atoms. The van der Waals surface area contributed by atoms with Crippen molar-refractivity contribution in [3.8, 4) is 0 Å². The molecule has 1 aliphatic rings. The molecule has 1 aliphatic heterocycles. The van der Waals surface area contributed by atoms with Gasteiger partial charge in [0.25, 0.3) is 0 Å². The molecule has 0 aliphatic carbocycles. The Morgan fingerprint density at radius 1 is 1.11 bits per heavy atom. The van der Waals surface area contributed by atoms with E-state index >= 15 is 0 Å². The molecule has 7 heteroatoms. The summed E-state index contributed by atoms with van der Waals surface area (Å²) in [4.78, 5) is 14.4. The first kappa shape index (κ1) is 20.7. The maximum absolute atomic E-state index is 12.6. The first-order valence-corrected chi connectivity index (χ1v) is 10.1. The maximum Gasteiger partial charge on any atom is 0.227 e. The number of halogens is 1. The fraction of sp³-hybridized carbons (Fsp3) is 0.381. The van der Waals surface area contributed by atoms with Crippen LogP contribution < -0.4 is 5.32 Å². The summed E-state index contributed by atoms with van der Waals surface area (Å²) in [5, 5.41) is 3.41. The van der Waals surface area contributed by atoms with Gasteiger partial charge in [0.2, 0.25) is 5.91 Å². The summed E-state index contributed by atoms with van der Waals surface area (Å²) < 4.78 is 8.48. The lowest BCUT2D eigenvalue weighted by Gasteiger charge is -2.17. The van der Waals surface area contributed by atoms with E-state index in [4.69, 9.17) is 0 Å². The van der Waals surface area contributed by atoms with Gasteiger partial charge >= 0.3 is 0 Å². The monoisotopic (exact) mass is 416 g/mol. The first-order chi connectivity index (χ1) is 13.2. The molecule has 1 fully saturated rings. The van der Waals surface area contributed by atoms with Gasteiger partial charge in [-0.25, -0.2) is 0 Å². The van der Waals surface area contributed by atoms with Gasteiger partial charge in [-0.3, -0.25) is 4.79 Å². The van der Waals surface area contributed by atoms with Crippen molar-refractivity contribution in [1.29, 1.82) is 0 Å². The number of amides is 1. The maximum atomic E-state index is 12.6. The van der Waals surface area contributed by atoms with Crippen LogP contribution in [0, 0.1) is 5.92 Å². The molecule has 2 aromatic carbocycles. The molecule has 28 heavy (non-hydrogen) atoms. The van der Waals surface area contributed by atoms with Crippen LogP contribution in [0.25, 0.3) is 11.0 Å². The summed E-state index contributed by atoms with van der Waals surface area (Å²) in [6.45, 7) is 2.84. The Bertz CT molecular complexity index is 922. The van der Waals surface area contributed by atoms with Crippen LogP contribution in [0.3, 0.4) is 0 Å². The van der Waals surface area contributed by atoms with Gasteiger partial charge in [0.1, 0.15) is 11.0 Å². The zero-order valence-electron chi connectivity index (χ0n) is 15.9.